The van der Waals surface area contributed by atoms with E-state index in [1.54, 1.807) is 0 Å². The van der Waals surface area contributed by atoms with Gasteiger partial charge in [-0.1, -0.05) is 89.6 Å². The van der Waals surface area contributed by atoms with E-state index in [1.807, 2.05) is 44.2 Å². The van der Waals surface area contributed by atoms with Crippen molar-refractivity contribution in [1.29, 1.82) is 0 Å². The van der Waals surface area contributed by atoms with Crippen LogP contribution in [0.25, 0.3) is 10.6 Å². The van der Waals surface area contributed by atoms with Crippen LogP contribution in [0.5, 0.6) is 0 Å². The number of rotatable bonds is 9. The average Bonchev–Trinajstić information content (AvgIpc) is 3.13. The quantitative estimate of drug-likeness (QED) is 0.577. The molecule has 1 aromatic heterocycles. The van der Waals surface area contributed by atoms with Gasteiger partial charge in [-0.2, -0.15) is 0 Å². The summed E-state index contributed by atoms with van der Waals surface area (Å²) >= 11 is 1.32. The van der Waals surface area contributed by atoms with Crippen LogP contribution in [0.3, 0.4) is 0 Å². The molecule has 2 aromatic rings. The zero-order valence-electron chi connectivity index (χ0n) is 18.9. The second-order valence-electron chi connectivity index (χ2n) is 9.27. The number of carbonyl (C=O) groups excluding carboxylic acids is 2. The summed E-state index contributed by atoms with van der Waals surface area (Å²) in [5.41, 5.74) is 1.12. The summed E-state index contributed by atoms with van der Waals surface area (Å²) < 4.78 is 0. The second kappa shape index (κ2) is 10.7. The van der Waals surface area contributed by atoms with E-state index in [2.05, 4.69) is 48.5 Å². The zero-order valence-corrected chi connectivity index (χ0v) is 19.7. The highest BCUT2D eigenvalue weighted by Crippen LogP contribution is 2.27. The molecule has 1 aromatic carbocycles. The molecule has 0 spiro atoms. The zero-order chi connectivity index (χ0) is 22.3. The van der Waals surface area contributed by atoms with Crippen molar-refractivity contribution in [3.8, 4) is 10.6 Å². The van der Waals surface area contributed by atoms with Crippen LogP contribution in [0.15, 0.2) is 30.3 Å². The van der Waals surface area contributed by atoms with Crippen LogP contribution in [0.2, 0.25) is 0 Å². The maximum atomic E-state index is 12.9. The van der Waals surface area contributed by atoms with Gasteiger partial charge in [0.25, 0.3) is 0 Å². The molecule has 1 heterocycles. The topological polar surface area (TPSA) is 84.0 Å². The number of aromatic nitrogens is 2. The molecule has 0 aliphatic rings. The van der Waals surface area contributed by atoms with E-state index in [-0.39, 0.29) is 29.1 Å². The lowest BCUT2D eigenvalue weighted by molar-refractivity contribution is -0.128. The number of amides is 2. The van der Waals surface area contributed by atoms with Gasteiger partial charge in [0, 0.05) is 12.0 Å². The molecule has 164 valence electrons. The van der Waals surface area contributed by atoms with Crippen molar-refractivity contribution in [3.05, 3.63) is 30.3 Å². The van der Waals surface area contributed by atoms with Gasteiger partial charge in [-0.15, -0.1) is 10.2 Å². The van der Waals surface area contributed by atoms with Crippen molar-refractivity contribution >= 4 is 28.3 Å². The molecule has 7 heteroatoms. The van der Waals surface area contributed by atoms with Gasteiger partial charge >= 0.3 is 0 Å². The first-order valence-corrected chi connectivity index (χ1v) is 11.4. The van der Waals surface area contributed by atoms with Crippen molar-refractivity contribution < 1.29 is 9.59 Å². The van der Waals surface area contributed by atoms with E-state index in [1.165, 1.54) is 11.3 Å². The van der Waals surface area contributed by atoms with E-state index in [0.717, 1.165) is 23.4 Å². The highest BCUT2D eigenvalue weighted by atomic mass is 32.1. The number of nitrogens with zero attached hydrogens (tertiary/aromatic N) is 2. The van der Waals surface area contributed by atoms with Crippen molar-refractivity contribution in [3.63, 3.8) is 0 Å². The summed E-state index contributed by atoms with van der Waals surface area (Å²) in [6.07, 6.45) is 2.14. The summed E-state index contributed by atoms with van der Waals surface area (Å²) in [5, 5.41) is 15.2. The smallest absolute Gasteiger partial charge is 0.249 e. The van der Waals surface area contributed by atoms with Gasteiger partial charge in [0.15, 0.2) is 0 Å². The first-order valence-electron chi connectivity index (χ1n) is 10.6. The lowest BCUT2D eigenvalue weighted by atomic mass is 9.84. The molecule has 2 rings (SSSR count). The van der Waals surface area contributed by atoms with E-state index in [4.69, 9.17) is 0 Å². The Balaban J connectivity index is 2.02. The van der Waals surface area contributed by atoms with Crippen molar-refractivity contribution in [1.82, 2.24) is 15.5 Å². The minimum Gasteiger partial charge on any atom is -0.344 e. The number of nitrogens with one attached hydrogen (secondary N) is 2. The van der Waals surface area contributed by atoms with Crippen LogP contribution >= 0.6 is 11.3 Å². The number of benzene rings is 1. The molecule has 2 N–H and O–H groups in total. The molecule has 6 nitrogen and oxygen atoms in total. The van der Waals surface area contributed by atoms with Crippen molar-refractivity contribution in [2.24, 2.45) is 17.3 Å². The molecule has 0 aliphatic carbocycles. The molecule has 0 aliphatic heterocycles. The number of carbonyl (C=O) groups is 2. The standard InChI is InChI=1S/C23H34N4O2S/c1-7-16(3)19(24-18(28)13-15(2)14-23(4,5)6)20(29)25-22-27-26-21(30-22)17-11-9-8-10-12-17/h8-12,15-16,19H,7,13-14H2,1-6H3,(H,24,28)(H,25,27,29)/t15-,16+,19+/m1/s1. The van der Waals surface area contributed by atoms with Crippen LogP contribution in [-0.2, 0) is 9.59 Å². The molecular formula is C23H34N4O2S. The maximum Gasteiger partial charge on any atom is 0.249 e. The minimum absolute atomic E-state index is 0.00777. The van der Waals surface area contributed by atoms with Crippen LogP contribution in [-0.4, -0.2) is 28.1 Å². The Kier molecular flexibility index (Phi) is 8.53. The van der Waals surface area contributed by atoms with Gasteiger partial charge in [0.2, 0.25) is 16.9 Å². The summed E-state index contributed by atoms with van der Waals surface area (Å²) in [6.45, 7) is 12.6. The highest BCUT2D eigenvalue weighted by molar-refractivity contribution is 7.18. The second-order valence-corrected chi connectivity index (χ2v) is 10.2. The van der Waals surface area contributed by atoms with E-state index < -0.39 is 6.04 Å². The molecule has 3 atom stereocenters. The normalized spacial score (nSPS) is 14.6. The third-order valence-corrected chi connectivity index (χ3v) is 5.87. The van der Waals surface area contributed by atoms with Crippen LogP contribution in [0.4, 0.5) is 5.13 Å². The Hall–Kier alpha value is -2.28. The van der Waals surface area contributed by atoms with E-state index >= 15 is 0 Å². The number of hydrogen-bond donors (Lipinski definition) is 2. The van der Waals surface area contributed by atoms with Crippen LogP contribution < -0.4 is 10.6 Å². The van der Waals surface area contributed by atoms with Crippen LogP contribution in [0.1, 0.15) is 60.8 Å². The molecular weight excluding hydrogens is 396 g/mol. The third kappa shape index (κ3) is 7.52. The number of hydrogen-bond acceptors (Lipinski definition) is 5. The molecule has 0 saturated carbocycles. The lowest BCUT2D eigenvalue weighted by Gasteiger charge is -2.26. The fourth-order valence-corrected chi connectivity index (χ4v) is 4.27. The van der Waals surface area contributed by atoms with Crippen molar-refractivity contribution in [2.75, 3.05) is 5.32 Å². The summed E-state index contributed by atoms with van der Waals surface area (Å²) in [7, 11) is 0. The van der Waals surface area contributed by atoms with Crippen molar-refractivity contribution in [2.45, 2.75) is 66.8 Å². The van der Waals surface area contributed by atoms with Gasteiger partial charge in [0.1, 0.15) is 11.0 Å². The highest BCUT2D eigenvalue weighted by Gasteiger charge is 2.28. The molecule has 2 amide bonds. The van der Waals surface area contributed by atoms with E-state index in [0.29, 0.717) is 11.6 Å². The average molecular weight is 431 g/mol. The molecule has 0 unspecified atom stereocenters. The first kappa shape index (κ1) is 24.0. The Morgan fingerprint density at radius 3 is 2.37 bits per heavy atom. The van der Waals surface area contributed by atoms with Gasteiger partial charge in [-0.25, -0.2) is 0 Å². The largest absolute Gasteiger partial charge is 0.344 e. The Morgan fingerprint density at radius 2 is 1.77 bits per heavy atom. The first-order chi connectivity index (χ1) is 14.1. The Morgan fingerprint density at radius 1 is 1.10 bits per heavy atom. The summed E-state index contributed by atoms with van der Waals surface area (Å²) in [4.78, 5) is 25.5. The molecule has 0 fully saturated rings. The predicted molar refractivity (Wildman–Crippen MR) is 123 cm³/mol. The predicted octanol–water partition coefficient (Wildman–Crippen LogP) is 5.14. The summed E-state index contributed by atoms with van der Waals surface area (Å²) in [5.74, 6) is -0.0815. The SMILES string of the molecule is CC[C@H](C)[C@H](NC(=O)C[C@@H](C)CC(C)(C)C)C(=O)Nc1nnc(-c2ccccc2)s1. The van der Waals surface area contributed by atoms with E-state index in [9.17, 15) is 9.59 Å². The fourth-order valence-electron chi connectivity index (χ4n) is 3.52. The monoisotopic (exact) mass is 430 g/mol. The molecule has 0 radical (unpaired) electrons. The van der Waals surface area contributed by atoms with Gasteiger partial charge in [-0.05, 0) is 23.7 Å². The fraction of sp³-hybridized carbons (Fsp3) is 0.565. The third-order valence-electron chi connectivity index (χ3n) is 4.98. The molecule has 30 heavy (non-hydrogen) atoms. The van der Waals surface area contributed by atoms with Gasteiger partial charge < -0.3 is 5.32 Å². The van der Waals surface area contributed by atoms with Gasteiger partial charge in [0.05, 0.1) is 0 Å². The Bertz CT molecular complexity index is 829. The molecule has 0 bridgehead atoms. The minimum atomic E-state index is -0.603. The number of anilines is 1. The maximum absolute atomic E-state index is 12.9. The Labute approximate surface area is 183 Å². The lowest BCUT2D eigenvalue weighted by Crippen LogP contribution is -2.48. The van der Waals surface area contributed by atoms with Crippen LogP contribution in [0, 0.1) is 17.3 Å². The summed E-state index contributed by atoms with van der Waals surface area (Å²) in [6, 6.07) is 9.11. The van der Waals surface area contributed by atoms with Gasteiger partial charge in [-0.3, -0.25) is 14.9 Å². The molecule has 0 saturated heterocycles.